The zero-order valence-corrected chi connectivity index (χ0v) is 41.8. The monoisotopic (exact) mass is 874 g/mol. The molecular weight excluding hydrogens is 767 g/mol. The molecule has 0 aromatic rings. The van der Waals surface area contributed by atoms with Crippen molar-refractivity contribution in [1.29, 1.82) is 0 Å². The van der Waals surface area contributed by atoms with Gasteiger partial charge in [0.1, 0.15) is 6.10 Å². The van der Waals surface area contributed by atoms with Gasteiger partial charge >= 0.3 is 5.97 Å². The van der Waals surface area contributed by atoms with E-state index in [0.717, 1.165) is 51.4 Å². The van der Waals surface area contributed by atoms with Crippen molar-refractivity contribution in [3.63, 3.8) is 0 Å². The maximum Gasteiger partial charge on any atom is 0.306 e. The van der Waals surface area contributed by atoms with Gasteiger partial charge in [0.2, 0.25) is 5.91 Å². The molecule has 0 aliphatic carbocycles. The van der Waals surface area contributed by atoms with E-state index in [0.29, 0.717) is 19.3 Å². The van der Waals surface area contributed by atoms with Gasteiger partial charge in [-0.2, -0.15) is 0 Å². The number of carbonyl (C=O) groups excluding carboxylic acids is 2. The van der Waals surface area contributed by atoms with Crippen LogP contribution in [-0.4, -0.2) is 46.9 Å². The summed E-state index contributed by atoms with van der Waals surface area (Å²) in [5, 5.41) is 23.8. The number of unbranched alkanes of at least 4 members (excludes halogenated alkanes) is 35. The van der Waals surface area contributed by atoms with Crippen LogP contribution in [0.5, 0.6) is 0 Å². The summed E-state index contributed by atoms with van der Waals surface area (Å²) in [5.74, 6) is -0.477. The maximum absolute atomic E-state index is 13.2. The second-order valence-electron chi connectivity index (χ2n) is 19.0. The Hall–Kier alpha value is -1.66. The first-order chi connectivity index (χ1) is 30.5. The molecule has 0 rings (SSSR count). The van der Waals surface area contributed by atoms with Gasteiger partial charge in [-0.3, -0.25) is 9.59 Å². The van der Waals surface area contributed by atoms with Gasteiger partial charge in [0.15, 0.2) is 0 Å². The standard InChI is InChI=1S/C56H107NO5/c1-4-7-10-13-16-19-22-24-26-27-28-30-32-34-37-40-43-46-49-56(61)62-52(47-44-41-38-35-21-18-15-12-9-6-3)50-55(60)57-53(51-58)54(59)48-45-42-39-36-33-31-29-25-23-20-17-14-11-8-5-2/h26-28,30,52-54,58-59H,4-25,29,31-51H2,1-3H3,(H,57,60)/b27-26+,30-28+. The molecule has 0 aromatic heterocycles. The van der Waals surface area contributed by atoms with Gasteiger partial charge in [0.25, 0.3) is 0 Å². The minimum atomic E-state index is -0.786. The van der Waals surface area contributed by atoms with E-state index in [1.54, 1.807) is 0 Å². The number of amides is 1. The summed E-state index contributed by atoms with van der Waals surface area (Å²) < 4.78 is 5.93. The van der Waals surface area contributed by atoms with Gasteiger partial charge in [0.05, 0.1) is 25.2 Å². The van der Waals surface area contributed by atoms with Crippen molar-refractivity contribution in [2.75, 3.05) is 6.61 Å². The Bertz CT molecular complexity index is 981. The number of aliphatic hydroxyl groups is 2. The minimum Gasteiger partial charge on any atom is -0.462 e. The average molecular weight is 874 g/mol. The summed E-state index contributed by atoms with van der Waals surface area (Å²) >= 11 is 0. The van der Waals surface area contributed by atoms with Gasteiger partial charge in [-0.25, -0.2) is 0 Å². The lowest BCUT2D eigenvalue weighted by atomic mass is 10.0. The van der Waals surface area contributed by atoms with Crippen LogP contribution in [0.4, 0.5) is 0 Å². The van der Waals surface area contributed by atoms with E-state index in [1.165, 1.54) is 199 Å². The molecule has 0 saturated heterocycles. The SMILES string of the molecule is CCCCCCCCC/C=C/C=C/CCCCCCCC(=O)OC(CCCCCCCCCCCC)CC(=O)NC(CO)C(O)CCCCCCCCCCCCCCCCC. The average Bonchev–Trinajstić information content (AvgIpc) is 3.26. The van der Waals surface area contributed by atoms with E-state index >= 15 is 0 Å². The lowest BCUT2D eigenvalue weighted by Gasteiger charge is -2.24. The smallest absolute Gasteiger partial charge is 0.306 e. The first-order valence-corrected chi connectivity index (χ1v) is 27.6. The molecule has 0 spiro atoms. The Kier molecular flexibility index (Phi) is 49.0. The second kappa shape index (κ2) is 50.3. The van der Waals surface area contributed by atoms with Gasteiger partial charge in [0, 0.05) is 6.42 Å². The number of aliphatic hydroxyl groups excluding tert-OH is 2. The minimum absolute atomic E-state index is 0.0766. The Balaban J connectivity index is 4.45. The summed E-state index contributed by atoms with van der Waals surface area (Å²) in [6, 6.07) is -0.700. The molecule has 6 nitrogen and oxygen atoms in total. The predicted molar refractivity (Wildman–Crippen MR) is 269 cm³/mol. The molecule has 0 aliphatic heterocycles. The lowest BCUT2D eigenvalue weighted by Crippen LogP contribution is -2.46. The van der Waals surface area contributed by atoms with Crippen molar-refractivity contribution >= 4 is 11.9 Å². The fourth-order valence-corrected chi connectivity index (χ4v) is 8.60. The van der Waals surface area contributed by atoms with Crippen LogP contribution < -0.4 is 5.32 Å². The largest absolute Gasteiger partial charge is 0.462 e. The van der Waals surface area contributed by atoms with Crippen molar-refractivity contribution < 1.29 is 24.5 Å². The first kappa shape index (κ1) is 60.3. The van der Waals surface area contributed by atoms with Crippen LogP contribution in [0.25, 0.3) is 0 Å². The number of hydrogen-bond acceptors (Lipinski definition) is 5. The van der Waals surface area contributed by atoms with E-state index in [1.807, 2.05) is 0 Å². The number of esters is 1. The quantitative estimate of drug-likeness (QED) is 0.0321. The zero-order chi connectivity index (χ0) is 45.2. The highest BCUT2D eigenvalue weighted by Crippen LogP contribution is 2.18. The normalized spacial score (nSPS) is 13.3. The van der Waals surface area contributed by atoms with Gasteiger partial charge < -0.3 is 20.3 Å². The fourth-order valence-electron chi connectivity index (χ4n) is 8.60. The Labute approximate surface area is 386 Å². The number of allylic oxidation sites excluding steroid dienone is 4. The molecule has 3 unspecified atom stereocenters. The molecule has 0 heterocycles. The molecule has 6 heteroatoms. The summed E-state index contributed by atoms with van der Waals surface area (Å²) in [4.78, 5) is 26.2. The highest BCUT2D eigenvalue weighted by atomic mass is 16.5. The zero-order valence-electron chi connectivity index (χ0n) is 41.8. The number of rotatable bonds is 50. The van der Waals surface area contributed by atoms with E-state index in [4.69, 9.17) is 4.74 Å². The highest BCUT2D eigenvalue weighted by Gasteiger charge is 2.24. The summed E-state index contributed by atoms with van der Waals surface area (Å²) in [5.41, 5.74) is 0. The Morgan fingerprint density at radius 3 is 1.19 bits per heavy atom. The van der Waals surface area contributed by atoms with Crippen molar-refractivity contribution in [3.05, 3.63) is 24.3 Å². The molecule has 0 radical (unpaired) electrons. The molecule has 0 saturated carbocycles. The fraction of sp³-hybridized carbons (Fsp3) is 0.893. The third kappa shape index (κ3) is 44.9. The molecule has 3 atom stereocenters. The maximum atomic E-state index is 13.2. The summed E-state index contributed by atoms with van der Waals surface area (Å²) in [7, 11) is 0. The van der Waals surface area contributed by atoms with Crippen LogP contribution >= 0.6 is 0 Å². The van der Waals surface area contributed by atoms with Crippen LogP contribution in [0.2, 0.25) is 0 Å². The molecule has 0 aromatic carbocycles. The molecule has 0 aliphatic rings. The van der Waals surface area contributed by atoms with Crippen molar-refractivity contribution in [3.8, 4) is 0 Å². The number of hydrogen-bond donors (Lipinski definition) is 3. The van der Waals surface area contributed by atoms with Crippen LogP contribution in [0.15, 0.2) is 24.3 Å². The van der Waals surface area contributed by atoms with Crippen LogP contribution in [-0.2, 0) is 14.3 Å². The topological polar surface area (TPSA) is 95.9 Å². The molecule has 1 amide bonds. The second-order valence-corrected chi connectivity index (χ2v) is 19.0. The van der Waals surface area contributed by atoms with Gasteiger partial charge in [-0.1, -0.05) is 257 Å². The number of carbonyl (C=O) groups is 2. The Morgan fingerprint density at radius 1 is 0.468 bits per heavy atom. The van der Waals surface area contributed by atoms with Crippen LogP contribution in [0, 0.1) is 0 Å². The van der Waals surface area contributed by atoms with Gasteiger partial charge in [-0.15, -0.1) is 0 Å². The van der Waals surface area contributed by atoms with Crippen molar-refractivity contribution in [2.45, 2.75) is 315 Å². The predicted octanol–water partition coefficient (Wildman–Crippen LogP) is 16.7. The molecule has 0 fully saturated rings. The first-order valence-electron chi connectivity index (χ1n) is 27.6. The van der Waals surface area contributed by atoms with Crippen LogP contribution in [0.3, 0.4) is 0 Å². The summed E-state index contributed by atoms with van der Waals surface area (Å²) in [6.45, 7) is 6.49. The molecule has 0 bridgehead atoms. The third-order valence-corrected chi connectivity index (χ3v) is 12.8. The highest BCUT2D eigenvalue weighted by molar-refractivity contribution is 5.77. The van der Waals surface area contributed by atoms with E-state index < -0.39 is 18.2 Å². The van der Waals surface area contributed by atoms with Crippen molar-refractivity contribution in [1.82, 2.24) is 5.32 Å². The van der Waals surface area contributed by atoms with Crippen molar-refractivity contribution in [2.24, 2.45) is 0 Å². The molecular formula is C56H107NO5. The van der Waals surface area contributed by atoms with E-state index in [9.17, 15) is 19.8 Å². The van der Waals surface area contributed by atoms with E-state index in [-0.39, 0.29) is 24.9 Å². The van der Waals surface area contributed by atoms with Gasteiger partial charge in [-0.05, 0) is 51.4 Å². The van der Waals surface area contributed by atoms with E-state index in [2.05, 4.69) is 50.4 Å². The number of nitrogens with one attached hydrogen (secondary N) is 1. The molecule has 62 heavy (non-hydrogen) atoms. The summed E-state index contributed by atoms with van der Waals surface area (Å²) in [6.07, 6.45) is 58.1. The molecule has 366 valence electrons. The Morgan fingerprint density at radius 2 is 0.806 bits per heavy atom. The van der Waals surface area contributed by atoms with Crippen LogP contribution in [0.1, 0.15) is 297 Å². The number of ether oxygens (including phenoxy) is 1. The third-order valence-electron chi connectivity index (χ3n) is 12.8. The lowest BCUT2D eigenvalue weighted by molar-refractivity contribution is -0.151. The molecule has 3 N–H and O–H groups in total.